The summed E-state index contributed by atoms with van der Waals surface area (Å²) in [7, 11) is 0. The third-order valence-electron chi connectivity index (χ3n) is 5.78. The summed E-state index contributed by atoms with van der Waals surface area (Å²) in [5, 5.41) is 5.96. The minimum atomic E-state index is -0.128. The number of piperidine rings is 1. The van der Waals surface area contributed by atoms with E-state index in [4.69, 9.17) is 4.74 Å². The largest absolute Gasteiger partial charge is 0.484 e. The molecule has 0 aliphatic carbocycles. The SMILES string of the molecule is CSc1ncccc1C(=O)N1CCC(CNC(=O)COc2ccc3ccccc3c2)CC1. The van der Waals surface area contributed by atoms with Crippen molar-refractivity contribution in [2.24, 2.45) is 5.92 Å². The van der Waals surface area contributed by atoms with E-state index in [-0.39, 0.29) is 18.4 Å². The van der Waals surface area contributed by atoms with Crippen molar-refractivity contribution in [1.29, 1.82) is 0 Å². The molecule has 1 saturated heterocycles. The monoisotopic (exact) mass is 449 g/mol. The number of nitrogens with zero attached hydrogens (tertiary/aromatic N) is 2. The fourth-order valence-corrected chi connectivity index (χ4v) is 4.48. The summed E-state index contributed by atoms with van der Waals surface area (Å²) >= 11 is 1.49. The van der Waals surface area contributed by atoms with Gasteiger partial charge in [0.2, 0.25) is 0 Å². The van der Waals surface area contributed by atoms with Gasteiger partial charge < -0.3 is 15.0 Å². The molecule has 0 spiro atoms. The van der Waals surface area contributed by atoms with Gasteiger partial charge in [-0.3, -0.25) is 9.59 Å². The molecule has 1 aliphatic rings. The molecule has 0 saturated carbocycles. The number of likely N-dealkylation sites (tertiary alicyclic amines) is 1. The predicted octanol–water partition coefficient (Wildman–Crippen LogP) is 4.00. The third-order valence-corrected chi connectivity index (χ3v) is 6.49. The Labute approximate surface area is 192 Å². The quantitative estimate of drug-likeness (QED) is 0.552. The van der Waals surface area contributed by atoms with Crippen LogP contribution in [0, 0.1) is 5.92 Å². The Morgan fingerprint density at radius 3 is 2.66 bits per heavy atom. The van der Waals surface area contributed by atoms with Crippen molar-refractivity contribution in [3.05, 3.63) is 66.4 Å². The molecule has 6 nitrogen and oxygen atoms in total. The lowest BCUT2D eigenvalue weighted by atomic mass is 9.96. The average Bonchev–Trinajstić information content (AvgIpc) is 2.86. The number of thioether (sulfide) groups is 1. The van der Waals surface area contributed by atoms with Gasteiger partial charge in [-0.1, -0.05) is 30.3 Å². The zero-order chi connectivity index (χ0) is 22.3. The molecular weight excluding hydrogens is 422 g/mol. The number of hydrogen-bond donors (Lipinski definition) is 1. The van der Waals surface area contributed by atoms with Crippen molar-refractivity contribution in [2.45, 2.75) is 17.9 Å². The Balaban J connectivity index is 1.20. The summed E-state index contributed by atoms with van der Waals surface area (Å²) in [6.45, 7) is 1.98. The van der Waals surface area contributed by atoms with Crippen LogP contribution < -0.4 is 10.1 Å². The number of ether oxygens (including phenoxy) is 1. The van der Waals surface area contributed by atoms with E-state index in [2.05, 4.69) is 10.3 Å². The summed E-state index contributed by atoms with van der Waals surface area (Å²) in [6.07, 6.45) is 5.37. The molecule has 1 fully saturated rings. The van der Waals surface area contributed by atoms with Crippen molar-refractivity contribution in [1.82, 2.24) is 15.2 Å². The topological polar surface area (TPSA) is 71.5 Å². The first-order valence-corrected chi connectivity index (χ1v) is 12.0. The van der Waals surface area contributed by atoms with Gasteiger partial charge in [-0.25, -0.2) is 4.98 Å². The number of carbonyl (C=O) groups excluding carboxylic acids is 2. The van der Waals surface area contributed by atoms with Gasteiger partial charge in [-0.05, 0) is 60.1 Å². The molecule has 32 heavy (non-hydrogen) atoms. The Morgan fingerprint density at radius 2 is 1.88 bits per heavy atom. The van der Waals surface area contributed by atoms with E-state index in [1.54, 1.807) is 12.3 Å². The summed E-state index contributed by atoms with van der Waals surface area (Å²) < 4.78 is 5.66. The zero-order valence-electron chi connectivity index (χ0n) is 18.1. The summed E-state index contributed by atoms with van der Waals surface area (Å²) in [4.78, 5) is 31.3. The highest BCUT2D eigenvalue weighted by atomic mass is 32.2. The lowest BCUT2D eigenvalue weighted by molar-refractivity contribution is -0.123. The molecule has 2 aromatic carbocycles. The van der Waals surface area contributed by atoms with Gasteiger partial charge in [0.05, 0.1) is 5.56 Å². The summed E-state index contributed by atoms with van der Waals surface area (Å²) in [5.41, 5.74) is 0.664. The van der Waals surface area contributed by atoms with Gasteiger partial charge in [0.25, 0.3) is 11.8 Å². The minimum Gasteiger partial charge on any atom is -0.484 e. The molecule has 1 N–H and O–H groups in total. The highest BCUT2D eigenvalue weighted by molar-refractivity contribution is 7.98. The van der Waals surface area contributed by atoms with Crippen LogP contribution in [0.4, 0.5) is 0 Å². The minimum absolute atomic E-state index is 0.00581. The molecular formula is C25H27N3O3S. The maximum absolute atomic E-state index is 12.8. The number of hydrogen-bond acceptors (Lipinski definition) is 5. The van der Waals surface area contributed by atoms with Gasteiger partial charge in [-0.2, -0.15) is 0 Å². The first kappa shape index (κ1) is 22.1. The van der Waals surface area contributed by atoms with Crippen molar-refractivity contribution in [3.8, 4) is 5.75 Å². The second kappa shape index (κ2) is 10.5. The molecule has 0 bridgehead atoms. The molecule has 3 aromatic rings. The lowest BCUT2D eigenvalue weighted by Crippen LogP contribution is -2.42. The first-order chi connectivity index (χ1) is 15.6. The van der Waals surface area contributed by atoms with E-state index in [1.807, 2.05) is 59.7 Å². The number of fused-ring (bicyclic) bond motifs is 1. The number of nitrogens with one attached hydrogen (secondary N) is 1. The van der Waals surface area contributed by atoms with E-state index in [9.17, 15) is 9.59 Å². The van der Waals surface area contributed by atoms with E-state index >= 15 is 0 Å². The molecule has 7 heteroatoms. The van der Waals surface area contributed by atoms with Gasteiger partial charge in [0.15, 0.2) is 6.61 Å². The third kappa shape index (κ3) is 5.40. The van der Waals surface area contributed by atoms with Crippen molar-refractivity contribution in [2.75, 3.05) is 32.5 Å². The van der Waals surface area contributed by atoms with Crippen LogP contribution in [0.25, 0.3) is 10.8 Å². The van der Waals surface area contributed by atoms with E-state index in [0.717, 1.165) is 28.6 Å². The van der Waals surface area contributed by atoms with Crippen molar-refractivity contribution < 1.29 is 14.3 Å². The molecule has 2 amide bonds. The Morgan fingerprint density at radius 1 is 1.09 bits per heavy atom. The fraction of sp³-hybridized carbons (Fsp3) is 0.320. The second-order valence-electron chi connectivity index (χ2n) is 7.90. The number of aromatic nitrogens is 1. The zero-order valence-corrected chi connectivity index (χ0v) is 18.9. The molecule has 2 heterocycles. The standard InChI is InChI=1S/C25H27N3O3S/c1-32-24-22(7-4-12-26-24)25(30)28-13-10-18(11-14-28)16-27-23(29)17-31-21-9-8-19-5-2-3-6-20(19)15-21/h2-9,12,15,18H,10-11,13-14,16-17H2,1H3,(H,27,29). The number of benzene rings is 2. The molecule has 0 atom stereocenters. The fourth-order valence-electron chi connectivity index (χ4n) is 3.94. The van der Waals surface area contributed by atoms with Crippen LogP contribution in [-0.4, -0.2) is 54.2 Å². The van der Waals surface area contributed by atoms with Gasteiger partial charge in [-0.15, -0.1) is 11.8 Å². The summed E-state index contributed by atoms with van der Waals surface area (Å²) in [5.74, 6) is 0.952. The van der Waals surface area contributed by atoms with Crippen LogP contribution in [-0.2, 0) is 4.79 Å². The van der Waals surface area contributed by atoms with Crippen molar-refractivity contribution >= 4 is 34.3 Å². The lowest BCUT2D eigenvalue weighted by Gasteiger charge is -2.32. The Hall–Kier alpha value is -3.06. The van der Waals surface area contributed by atoms with E-state index < -0.39 is 0 Å². The number of carbonyl (C=O) groups is 2. The molecule has 0 radical (unpaired) electrons. The predicted molar refractivity (Wildman–Crippen MR) is 127 cm³/mol. The molecule has 166 valence electrons. The Bertz CT molecular complexity index is 1100. The van der Waals surface area contributed by atoms with E-state index in [0.29, 0.717) is 36.9 Å². The summed E-state index contributed by atoms with van der Waals surface area (Å²) in [6, 6.07) is 17.5. The van der Waals surface area contributed by atoms with Crippen LogP contribution in [0.1, 0.15) is 23.2 Å². The van der Waals surface area contributed by atoms with Crippen LogP contribution in [0.2, 0.25) is 0 Å². The van der Waals surface area contributed by atoms with E-state index in [1.165, 1.54) is 11.8 Å². The molecule has 1 aliphatic heterocycles. The highest BCUT2D eigenvalue weighted by Gasteiger charge is 2.25. The normalized spacial score (nSPS) is 14.3. The maximum atomic E-state index is 12.8. The van der Waals surface area contributed by atoms with Crippen LogP contribution in [0.5, 0.6) is 5.75 Å². The molecule has 4 rings (SSSR count). The smallest absolute Gasteiger partial charge is 0.257 e. The molecule has 0 unspecified atom stereocenters. The van der Waals surface area contributed by atoms with Crippen LogP contribution in [0.3, 0.4) is 0 Å². The number of rotatable bonds is 7. The maximum Gasteiger partial charge on any atom is 0.257 e. The second-order valence-corrected chi connectivity index (χ2v) is 8.69. The number of amides is 2. The first-order valence-electron chi connectivity index (χ1n) is 10.8. The van der Waals surface area contributed by atoms with Gasteiger partial charge in [0.1, 0.15) is 10.8 Å². The van der Waals surface area contributed by atoms with Gasteiger partial charge >= 0.3 is 0 Å². The Kier molecular flexibility index (Phi) is 7.27. The molecule has 1 aromatic heterocycles. The average molecular weight is 450 g/mol. The highest BCUT2D eigenvalue weighted by Crippen LogP contribution is 2.23. The van der Waals surface area contributed by atoms with Crippen LogP contribution >= 0.6 is 11.8 Å². The van der Waals surface area contributed by atoms with Gasteiger partial charge in [0, 0.05) is 25.8 Å². The number of pyridine rings is 1. The van der Waals surface area contributed by atoms with Crippen LogP contribution in [0.15, 0.2) is 65.8 Å². The van der Waals surface area contributed by atoms with Crippen molar-refractivity contribution in [3.63, 3.8) is 0 Å².